The zero-order chi connectivity index (χ0) is 18.1. The first-order valence-corrected chi connectivity index (χ1v) is 9.16. The van der Waals surface area contributed by atoms with E-state index in [0.29, 0.717) is 6.54 Å². The fraction of sp³-hybridized carbons (Fsp3) is 0.450. The number of likely N-dealkylation sites (tertiary alicyclic amines) is 1. The molecule has 136 valence electrons. The number of aromatic nitrogens is 3. The Hall–Kier alpha value is -2.47. The van der Waals surface area contributed by atoms with Gasteiger partial charge in [-0.3, -0.25) is 4.79 Å². The predicted molar refractivity (Wildman–Crippen MR) is 98.3 cm³/mol. The number of carbonyl (C=O) groups is 1. The summed E-state index contributed by atoms with van der Waals surface area (Å²) in [4.78, 5) is 14.9. The normalized spacial score (nSPS) is 22.7. The van der Waals surface area contributed by atoms with Crippen LogP contribution in [0.2, 0.25) is 0 Å². The van der Waals surface area contributed by atoms with Crippen LogP contribution in [0.1, 0.15) is 43.0 Å². The average molecular weight is 352 g/mol. The van der Waals surface area contributed by atoms with Crippen LogP contribution in [-0.2, 0) is 22.5 Å². The molecule has 1 aromatic carbocycles. The summed E-state index contributed by atoms with van der Waals surface area (Å²) in [5.74, 6) is 1.94. The third kappa shape index (κ3) is 3.05. The number of benzene rings is 1. The van der Waals surface area contributed by atoms with Crippen LogP contribution in [0.3, 0.4) is 0 Å². The van der Waals surface area contributed by atoms with Gasteiger partial charge < -0.3 is 14.2 Å². The van der Waals surface area contributed by atoms with Crippen molar-refractivity contribution in [1.82, 2.24) is 19.7 Å². The molecule has 1 aromatic heterocycles. The van der Waals surface area contributed by atoms with Gasteiger partial charge in [-0.25, -0.2) is 0 Å². The van der Waals surface area contributed by atoms with E-state index >= 15 is 0 Å². The van der Waals surface area contributed by atoms with Crippen molar-refractivity contribution in [2.75, 3.05) is 13.7 Å². The molecule has 1 amide bonds. The van der Waals surface area contributed by atoms with Crippen molar-refractivity contribution in [3.8, 4) is 0 Å². The van der Waals surface area contributed by atoms with Crippen LogP contribution in [0, 0.1) is 0 Å². The number of hydrogen-bond acceptors (Lipinski definition) is 4. The fourth-order valence-corrected chi connectivity index (χ4v) is 3.93. The first kappa shape index (κ1) is 17.0. The van der Waals surface area contributed by atoms with E-state index in [1.807, 2.05) is 42.2 Å². The highest BCUT2D eigenvalue weighted by molar-refractivity contribution is 5.95. The third-order valence-corrected chi connectivity index (χ3v) is 5.38. The van der Waals surface area contributed by atoms with Crippen molar-refractivity contribution in [3.05, 3.63) is 53.6 Å². The molecule has 2 aromatic rings. The van der Waals surface area contributed by atoms with Gasteiger partial charge in [-0.05, 0) is 24.5 Å². The molecule has 0 saturated carbocycles. The van der Waals surface area contributed by atoms with Gasteiger partial charge in [0.2, 0.25) is 5.91 Å². The van der Waals surface area contributed by atoms with E-state index in [0.717, 1.165) is 48.6 Å². The highest BCUT2D eigenvalue weighted by Crippen LogP contribution is 2.34. The largest absolute Gasteiger partial charge is 0.380 e. The molecule has 0 N–H and O–H groups in total. The monoisotopic (exact) mass is 352 g/mol. The lowest BCUT2D eigenvalue weighted by Crippen LogP contribution is -2.32. The minimum absolute atomic E-state index is 0.00579. The number of allylic oxidation sites excluding steroid dienone is 1. The lowest BCUT2D eigenvalue weighted by atomic mass is 10.1. The van der Waals surface area contributed by atoms with Crippen LogP contribution in [0.25, 0.3) is 5.57 Å². The maximum atomic E-state index is 13.0. The van der Waals surface area contributed by atoms with Gasteiger partial charge in [-0.1, -0.05) is 30.3 Å². The van der Waals surface area contributed by atoms with Crippen LogP contribution < -0.4 is 0 Å². The van der Waals surface area contributed by atoms with Crippen LogP contribution in [-0.4, -0.2) is 45.3 Å². The van der Waals surface area contributed by atoms with Crippen molar-refractivity contribution >= 4 is 11.5 Å². The number of nitrogens with zero attached hydrogens (tertiary/aromatic N) is 4. The minimum Gasteiger partial charge on any atom is -0.380 e. The Morgan fingerprint density at radius 1 is 1.27 bits per heavy atom. The van der Waals surface area contributed by atoms with Crippen molar-refractivity contribution in [1.29, 1.82) is 0 Å². The highest BCUT2D eigenvalue weighted by Gasteiger charge is 2.39. The summed E-state index contributed by atoms with van der Waals surface area (Å²) >= 11 is 0. The molecule has 0 aliphatic carbocycles. The highest BCUT2D eigenvalue weighted by atomic mass is 16.5. The Balaban J connectivity index is 1.61. The summed E-state index contributed by atoms with van der Waals surface area (Å²) in [5.41, 5.74) is 2.02. The van der Waals surface area contributed by atoms with E-state index in [1.54, 1.807) is 13.2 Å². The topological polar surface area (TPSA) is 60.3 Å². The Bertz CT molecular complexity index is 828. The minimum atomic E-state index is -0.0772. The summed E-state index contributed by atoms with van der Waals surface area (Å²) in [7, 11) is 1.70. The molecule has 1 fully saturated rings. The van der Waals surface area contributed by atoms with E-state index < -0.39 is 0 Å². The second-order valence-electron chi connectivity index (χ2n) is 7.02. The van der Waals surface area contributed by atoms with Gasteiger partial charge in [0.25, 0.3) is 0 Å². The van der Waals surface area contributed by atoms with Crippen molar-refractivity contribution in [2.24, 2.45) is 0 Å². The maximum Gasteiger partial charge on any atom is 0.247 e. The van der Waals surface area contributed by atoms with Crippen LogP contribution in [0.15, 0.2) is 36.4 Å². The van der Waals surface area contributed by atoms with E-state index in [2.05, 4.69) is 14.8 Å². The van der Waals surface area contributed by atoms with Crippen molar-refractivity contribution in [3.63, 3.8) is 0 Å². The van der Waals surface area contributed by atoms with Gasteiger partial charge in [-0.2, -0.15) is 0 Å². The van der Waals surface area contributed by atoms with E-state index in [1.165, 1.54) is 0 Å². The summed E-state index contributed by atoms with van der Waals surface area (Å²) in [6.07, 6.45) is 4.58. The molecule has 6 nitrogen and oxygen atoms in total. The lowest BCUT2D eigenvalue weighted by Gasteiger charge is -2.23. The van der Waals surface area contributed by atoms with Gasteiger partial charge in [0.1, 0.15) is 5.82 Å². The average Bonchev–Trinajstić information content (AvgIpc) is 3.37. The summed E-state index contributed by atoms with van der Waals surface area (Å²) in [6, 6.07) is 9.90. The van der Waals surface area contributed by atoms with E-state index in [-0.39, 0.29) is 18.1 Å². The number of aryl methyl sites for hydroxylation is 1. The Labute approximate surface area is 153 Å². The quantitative estimate of drug-likeness (QED) is 0.794. The van der Waals surface area contributed by atoms with Gasteiger partial charge in [0.05, 0.1) is 12.1 Å². The van der Waals surface area contributed by atoms with E-state index in [9.17, 15) is 4.79 Å². The molecule has 0 unspecified atom stereocenters. The summed E-state index contributed by atoms with van der Waals surface area (Å²) in [5, 5.41) is 8.71. The molecule has 6 heteroatoms. The van der Waals surface area contributed by atoms with Gasteiger partial charge in [0.15, 0.2) is 5.82 Å². The molecule has 4 rings (SSSR count). The molecule has 3 heterocycles. The predicted octanol–water partition coefficient (Wildman–Crippen LogP) is 2.62. The molecule has 0 radical (unpaired) electrons. The molecule has 2 aliphatic heterocycles. The number of carbonyl (C=O) groups excluding carboxylic acids is 1. The van der Waals surface area contributed by atoms with Gasteiger partial charge in [-0.15, -0.1) is 10.2 Å². The fourth-order valence-electron chi connectivity index (χ4n) is 3.93. The number of ether oxygens (including phenoxy) is 1. The van der Waals surface area contributed by atoms with Crippen LogP contribution in [0.5, 0.6) is 0 Å². The molecule has 26 heavy (non-hydrogen) atoms. The van der Waals surface area contributed by atoms with Gasteiger partial charge in [0, 0.05) is 39.1 Å². The smallest absolute Gasteiger partial charge is 0.247 e. The molecular formula is C20H24N4O2. The van der Waals surface area contributed by atoms with Crippen LogP contribution in [0.4, 0.5) is 0 Å². The third-order valence-electron chi connectivity index (χ3n) is 5.38. The molecule has 1 saturated heterocycles. The van der Waals surface area contributed by atoms with Crippen LogP contribution >= 0.6 is 0 Å². The molecule has 0 spiro atoms. The SMILES string of the molecule is CO[C@@H]1C[C@@H](c2nnc3n2CCC3)N(C(=O)/C=C(\C)c2ccccc2)C1. The van der Waals surface area contributed by atoms with E-state index in [4.69, 9.17) is 4.74 Å². The Kier molecular flexibility index (Phi) is 4.59. The molecule has 0 bridgehead atoms. The van der Waals surface area contributed by atoms with Gasteiger partial charge >= 0.3 is 0 Å². The van der Waals surface area contributed by atoms with Crippen molar-refractivity contribution < 1.29 is 9.53 Å². The molecular weight excluding hydrogens is 328 g/mol. The Morgan fingerprint density at radius 2 is 2.08 bits per heavy atom. The molecule has 2 aliphatic rings. The summed E-state index contributed by atoms with van der Waals surface area (Å²) < 4.78 is 7.73. The number of amides is 1. The lowest BCUT2D eigenvalue weighted by molar-refractivity contribution is -0.127. The zero-order valence-electron chi connectivity index (χ0n) is 15.3. The Morgan fingerprint density at radius 3 is 2.85 bits per heavy atom. The number of fused-ring (bicyclic) bond motifs is 1. The summed E-state index contributed by atoms with van der Waals surface area (Å²) in [6.45, 7) is 3.49. The second kappa shape index (κ2) is 7.03. The second-order valence-corrected chi connectivity index (χ2v) is 7.02. The number of hydrogen-bond donors (Lipinski definition) is 0. The number of rotatable bonds is 4. The standard InChI is InChI=1S/C20H24N4O2/c1-14(15-7-4-3-5-8-15)11-19(25)24-13-16(26-2)12-17(24)20-22-21-18-9-6-10-23(18)20/h3-5,7-8,11,16-17H,6,9-10,12-13H2,1-2H3/b14-11+/t16-,17+/m1/s1. The first-order chi connectivity index (χ1) is 12.7. The van der Waals surface area contributed by atoms with Crippen molar-refractivity contribution in [2.45, 2.75) is 44.9 Å². The molecule has 2 atom stereocenters. The maximum absolute atomic E-state index is 13.0. The first-order valence-electron chi connectivity index (χ1n) is 9.16. The zero-order valence-corrected chi connectivity index (χ0v) is 15.3. The number of methoxy groups -OCH3 is 1.